The Morgan fingerprint density at radius 3 is 2.48 bits per heavy atom. The highest BCUT2D eigenvalue weighted by Gasteiger charge is 2.29. The Balaban J connectivity index is 1.67. The molecule has 144 valence electrons. The van der Waals surface area contributed by atoms with Gasteiger partial charge in [0.05, 0.1) is 7.11 Å². The average molecular weight is 370 g/mol. The minimum atomic E-state index is 0.0162. The molecule has 1 amide bonds. The molecule has 0 aliphatic carbocycles. The zero-order valence-corrected chi connectivity index (χ0v) is 16.3. The van der Waals surface area contributed by atoms with Gasteiger partial charge in [0, 0.05) is 37.7 Å². The summed E-state index contributed by atoms with van der Waals surface area (Å²) in [5.41, 5.74) is 0. The van der Waals surface area contributed by atoms with E-state index >= 15 is 0 Å². The highest BCUT2D eigenvalue weighted by atomic mass is 16.5. The van der Waals surface area contributed by atoms with Crippen molar-refractivity contribution in [1.82, 2.24) is 14.9 Å². The van der Waals surface area contributed by atoms with Crippen LogP contribution >= 0.6 is 0 Å². The van der Waals surface area contributed by atoms with Crippen molar-refractivity contribution in [2.45, 2.75) is 26.8 Å². The lowest BCUT2D eigenvalue weighted by atomic mass is 10.1. The van der Waals surface area contributed by atoms with E-state index < -0.39 is 0 Å². The molecule has 0 saturated carbocycles. The van der Waals surface area contributed by atoms with Gasteiger partial charge in [-0.25, -0.2) is 9.97 Å². The van der Waals surface area contributed by atoms with Gasteiger partial charge in [-0.2, -0.15) is 0 Å². The van der Waals surface area contributed by atoms with Gasteiger partial charge in [-0.1, -0.05) is 13.8 Å². The summed E-state index contributed by atoms with van der Waals surface area (Å²) in [7, 11) is 1.63. The van der Waals surface area contributed by atoms with Gasteiger partial charge in [0.25, 0.3) is 0 Å². The average Bonchev–Trinajstić information content (AvgIpc) is 2.68. The molecule has 27 heavy (non-hydrogen) atoms. The lowest BCUT2D eigenvalue weighted by molar-refractivity contribution is -0.136. The van der Waals surface area contributed by atoms with E-state index in [-0.39, 0.29) is 17.9 Å². The first-order valence-electron chi connectivity index (χ1n) is 9.17. The number of nitrogens with zero attached hydrogens (tertiary/aromatic N) is 4. The van der Waals surface area contributed by atoms with E-state index in [1.54, 1.807) is 7.11 Å². The summed E-state index contributed by atoms with van der Waals surface area (Å²) in [4.78, 5) is 25.0. The van der Waals surface area contributed by atoms with Crippen LogP contribution in [-0.2, 0) is 4.79 Å². The van der Waals surface area contributed by atoms with Crippen LogP contribution in [0, 0.1) is 5.92 Å². The van der Waals surface area contributed by atoms with Crippen molar-refractivity contribution in [2.24, 2.45) is 5.92 Å². The molecule has 2 aromatic rings. The molecule has 0 N–H and O–H groups in total. The number of benzene rings is 1. The monoisotopic (exact) mass is 370 g/mol. The molecule has 2 heterocycles. The quantitative estimate of drug-likeness (QED) is 0.806. The zero-order valence-electron chi connectivity index (χ0n) is 16.3. The molecule has 1 unspecified atom stereocenters. The summed E-state index contributed by atoms with van der Waals surface area (Å²) >= 11 is 0. The summed E-state index contributed by atoms with van der Waals surface area (Å²) in [6, 6.07) is 9.30. The standard InChI is InChI=1S/C20H26N4O3/c1-14(2)20(25)24-10-9-23(12-15(24)3)18-11-19(22-13-21-18)27-17-7-5-16(26-4)6-8-17/h5-8,11,13-15H,9-10,12H2,1-4H3. The lowest BCUT2D eigenvalue weighted by Gasteiger charge is -2.41. The van der Waals surface area contributed by atoms with Gasteiger partial charge < -0.3 is 19.3 Å². The van der Waals surface area contributed by atoms with Crippen LogP contribution in [0.4, 0.5) is 5.82 Å². The Hall–Kier alpha value is -2.83. The van der Waals surface area contributed by atoms with E-state index in [1.165, 1.54) is 6.33 Å². The van der Waals surface area contributed by atoms with Crippen molar-refractivity contribution in [1.29, 1.82) is 0 Å². The van der Waals surface area contributed by atoms with Gasteiger partial charge >= 0.3 is 0 Å². The number of aromatic nitrogens is 2. The number of carbonyl (C=O) groups excluding carboxylic acids is 1. The van der Waals surface area contributed by atoms with Crippen molar-refractivity contribution >= 4 is 11.7 Å². The smallest absolute Gasteiger partial charge is 0.225 e. The maximum Gasteiger partial charge on any atom is 0.225 e. The molecule has 0 radical (unpaired) electrons. The molecule has 1 aromatic carbocycles. The van der Waals surface area contributed by atoms with Gasteiger partial charge in [0.1, 0.15) is 23.6 Å². The van der Waals surface area contributed by atoms with Gasteiger partial charge in [0.2, 0.25) is 11.8 Å². The number of anilines is 1. The number of amides is 1. The molecule has 1 aliphatic rings. The number of rotatable bonds is 5. The molecular weight excluding hydrogens is 344 g/mol. The first-order chi connectivity index (χ1) is 13.0. The van der Waals surface area contributed by atoms with Crippen molar-refractivity contribution in [3.63, 3.8) is 0 Å². The highest BCUT2D eigenvalue weighted by molar-refractivity contribution is 5.78. The summed E-state index contributed by atoms with van der Waals surface area (Å²) < 4.78 is 11.0. The van der Waals surface area contributed by atoms with Crippen LogP contribution in [-0.4, -0.2) is 53.6 Å². The molecule has 1 atom stereocenters. The van der Waals surface area contributed by atoms with Gasteiger partial charge in [-0.3, -0.25) is 4.79 Å². The third kappa shape index (κ3) is 4.48. The number of piperazine rings is 1. The Bertz CT molecular complexity index is 779. The largest absolute Gasteiger partial charge is 0.497 e. The molecule has 1 aromatic heterocycles. The predicted molar refractivity (Wildman–Crippen MR) is 103 cm³/mol. The second-order valence-electron chi connectivity index (χ2n) is 6.97. The Morgan fingerprint density at radius 1 is 1.15 bits per heavy atom. The first-order valence-corrected chi connectivity index (χ1v) is 9.17. The van der Waals surface area contributed by atoms with Crippen LogP contribution < -0.4 is 14.4 Å². The molecule has 1 fully saturated rings. The van der Waals surface area contributed by atoms with Crippen LogP contribution in [0.15, 0.2) is 36.7 Å². The van der Waals surface area contributed by atoms with Crippen LogP contribution in [0.3, 0.4) is 0 Å². The molecule has 7 heteroatoms. The maximum atomic E-state index is 12.3. The van der Waals surface area contributed by atoms with E-state index in [1.807, 2.05) is 49.1 Å². The summed E-state index contributed by atoms with van der Waals surface area (Å²) in [6.07, 6.45) is 1.50. The zero-order chi connectivity index (χ0) is 19.4. The van der Waals surface area contributed by atoms with Gasteiger partial charge in [0.15, 0.2) is 0 Å². The van der Waals surface area contributed by atoms with Gasteiger partial charge in [-0.15, -0.1) is 0 Å². The first kappa shape index (κ1) is 18.9. The topological polar surface area (TPSA) is 67.8 Å². The molecular formula is C20H26N4O3. The number of hydrogen-bond donors (Lipinski definition) is 0. The summed E-state index contributed by atoms with van der Waals surface area (Å²) in [6.45, 7) is 8.11. The predicted octanol–water partition coefficient (Wildman–Crippen LogP) is 2.97. The van der Waals surface area contributed by atoms with Crippen LogP contribution in [0.1, 0.15) is 20.8 Å². The highest BCUT2D eigenvalue weighted by Crippen LogP contribution is 2.25. The number of carbonyl (C=O) groups is 1. The van der Waals surface area contributed by atoms with E-state index in [0.29, 0.717) is 18.2 Å². The molecule has 3 rings (SSSR count). The lowest BCUT2D eigenvalue weighted by Crippen LogP contribution is -2.55. The molecule has 7 nitrogen and oxygen atoms in total. The fourth-order valence-corrected chi connectivity index (χ4v) is 3.15. The summed E-state index contributed by atoms with van der Waals surface area (Å²) in [5, 5.41) is 0. The number of ether oxygens (including phenoxy) is 2. The summed E-state index contributed by atoms with van der Waals surface area (Å²) in [5.74, 6) is 2.96. The fourth-order valence-electron chi connectivity index (χ4n) is 3.15. The third-order valence-corrected chi connectivity index (χ3v) is 4.64. The Kier molecular flexibility index (Phi) is 5.78. The third-order valence-electron chi connectivity index (χ3n) is 4.64. The van der Waals surface area contributed by atoms with Crippen molar-refractivity contribution in [3.8, 4) is 17.4 Å². The minimum Gasteiger partial charge on any atom is -0.497 e. The van der Waals surface area contributed by atoms with Crippen LogP contribution in [0.25, 0.3) is 0 Å². The SMILES string of the molecule is COc1ccc(Oc2cc(N3CCN(C(=O)C(C)C)C(C)C3)ncn2)cc1. The molecule has 0 bridgehead atoms. The van der Waals surface area contributed by atoms with E-state index in [4.69, 9.17) is 9.47 Å². The van der Waals surface area contributed by atoms with Crippen LogP contribution in [0.2, 0.25) is 0 Å². The second-order valence-corrected chi connectivity index (χ2v) is 6.97. The molecule has 0 spiro atoms. The maximum absolute atomic E-state index is 12.3. The second kappa shape index (κ2) is 8.24. The normalized spacial score (nSPS) is 17.1. The van der Waals surface area contributed by atoms with E-state index in [9.17, 15) is 4.79 Å². The van der Waals surface area contributed by atoms with Crippen molar-refractivity contribution < 1.29 is 14.3 Å². The van der Waals surface area contributed by atoms with E-state index in [0.717, 1.165) is 24.7 Å². The van der Waals surface area contributed by atoms with Crippen molar-refractivity contribution in [3.05, 3.63) is 36.7 Å². The van der Waals surface area contributed by atoms with Crippen molar-refractivity contribution in [2.75, 3.05) is 31.6 Å². The Labute approximate surface area is 159 Å². The fraction of sp³-hybridized carbons (Fsp3) is 0.450. The minimum absolute atomic E-state index is 0.0162. The molecule has 1 saturated heterocycles. The molecule has 1 aliphatic heterocycles. The van der Waals surface area contributed by atoms with E-state index in [2.05, 4.69) is 21.8 Å². The number of hydrogen-bond acceptors (Lipinski definition) is 6. The number of methoxy groups -OCH3 is 1. The van der Waals surface area contributed by atoms with Gasteiger partial charge in [-0.05, 0) is 31.2 Å². The van der Waals surface area contributed by atoms with Crippen LogP contribution in [0.5, 0.6) is 17.4 Å². The Morgan fingerprint density at radius 2 is 1.85 bits per heavy atom.